The lowest BCUT2D eigenvalue weighted by molar-refractivity contribution is 0.414. The highest BCUT2D eigenvalue weighted by atomic mass is 32.1. The summed E-state index contributed by atoms with van der Waals surface area (Å²) in [4.78, 5) is 0.903. The number of hydrogen-bond acceptors (Lipinski definition) is 4. The summed E-state index contributed by atoms with van der Waals surface area (Å²) >= 11 is 1.65. The first kappa shape index (κ1) is 15.5. The van der Waals surface area contributed by atoms with Gasteiger partial charge in [-0.3, -0.25) is 0 Å². The van der Waals surface area contributed by atoms with Gasteiger partial charge in [0.2, 0.25) is 4.80 Å². The van der Waals surface area contributed by atoms with Crippen LogP contribution in [0.2, 0.25) is 0 Å². The fraction of sp³-hybridized carbons (Fsp3) is 0.222. The summed E-state index contributed by atoms with van der Waals surface area (Å²) in [7, 11) is 3.69. The Morgan fingerprint density at radius 3 is 2.57 bits per heavy atom. The Morgan fingerprint density at radius 2 is 1.87 bits per heavy atom. The van der Waals surface area contributed by atoms with Crippen molar-refractivity contribution < 1.29 is 4.74 Å². The molecule has 2 aromatic carbocycles. The van der Waals surface area contributed by atoms with Crippen LogP contribution in [0.25, 0.3) is 10.2 Å². The molecule has 0 radical (unpaired) electrons. The highest BCUT2D eigenvalue weighted by Gasteiger charge is 2.01. The van der Waals surface area contributed by atoms with E-state index in [-0.39, 0.29) is 0 Å². The van der Waals surface area contributed by atoms with Crippen LogP contribution in [-0.4, -0.2) is 17.4 Å². The third-order valence-corrected chi connectivity index (χ3v) is 4.74. The molecule has 0 fully saturated rings. The Bertz CT molecular complexity index is 904. The average molecular weight is 325 g/mol. The Hall–Kier alpha value is -2.40. The second-order valence-electron chi connectivity index (χ2n) is 5.37. The van der Waals surface area contributed by atoms with Gasteiger partial charge in [0.15, 0.2) is 0 Å². The van der Waals surface area contributed by atoms with Crippen LogP contribution in [0, 0.1) is 0 Å². The topological polar surface area (TPSA) is 38.9 Å². The first-order valence-electron chi connectivity index (χ1n) is 7.42. The van der Waals surface area contributed by atoms with Gasteiger partial charge in [-0.05, 0) is 36.8 Å². The normalized spacial score (nSPS) is 12.8. The predicted octanol–water partition coefficient (Wildman–Crippen LogP) is 3.77. The molecule has 1 aromatic heterocycles. The number of fused-ring (bicyclic) bond motifs is 1. The summed E-state index contributed by atoms with van der Waals surface area (Å²) in [5.74, 6) is 0.866. The lowest BCUT2D eigenvalue weighted by Gasteiger charge is -2.02. The van der Waals surface area contributed by atoms with Gasteiger partial charge >= 0.3 is 0 Å². The number of thiazole rings is 1. The Kier molecular flexibility index (Phi) is 4.57. The fourth-order valence-corrected chi connectivity index (χ4v) is 3.35. The molecular formula is C18H19N3OS. The largest absolute Gasteiger partial charge is 0.497 e. The summed E-state index contributed by atoms with van der Waals surface area (Å²) in [6.45, 7) is 2.00. The summed E-state index contributed by atoms with van der Waals surface area (Å²) in [5, 5.41) is 8.81. The van der Waals surface area contributed by atoms with E-state index in [2.05, 4.69) is 39.0 Å². The van der Waals surface area contributed by atoms with E-state index in [1.165, 1.54) is 15.8 Å². The summed E-state index contributed by atoms with van der Waals surface area (Å²) in [6, 6.07) is 16.3. The smallest absolute Gasteiger partial charge is 0.211 e. The standard InChI is InChI=1S/C18H19N3OS/c1-13(12-14-8-10-15(22-3)11-9-14)19-20-18-21(2)16-6-4-5-7-17(16)23-18/h4-11H,12H2,1-3H3. The highest BCUT2D eigenvalue weighted by Crippen LogP contribution is 2.15. The molecule has 118 valence electrons. The fourth-order valence-electron chi connectivity index (χ4n) is 2.38. The van der Waals surface area contributed by atoms with Gasteiger partial charge in [0.1, 0.15) is 5.75 Å². The molecule has 0 saturated carbocycles. The zero-order valence-corrected chi connectivity index (χ0v) is 14.3. The van der Waals surface area contributed by atoms with Gasteiger partial charge < -0.3 is 9.30 Å². The minimum atomic E-state index is 0.780. The quantitative estimate of drug-likeness (QED) is 0.531. The summed E-state index contributed by atoms with van der Waals surface area (Å²) < 4.78 is 8.46. The molecule has 0 aliphatic carbocycles. The molecule has 0 unspecified atom stereocenters. The molecular weight excluding hydrogens is 306 g/mol. The molecule has 3 rings (SSSR count). The monoisotopic (exact) mass is 325 g/mol. The molecule has 0 spiro atoms. The van der Waals surface area contributed by atoms with Crippen molar-refractivity contribution in [3.8, 4) is 5.75 Å². The minimum Gasteiger partial charge on any atom is -0.497 e. The van der Waals surface area contributed by atoms with E-state index in [1.54, 1.807) is 18.4 Å². The van der Waals surface area contributed by atoms with Gasteiger partial charge in [0.25, 0.3) is 0 Å². The number of nitrogens with zero attached hydrogens (tertiary/aromatic N) is 3. The average Bonchev–Trinajstić information content (AvgIpc) is 2.90. The molecule has 3 aromatic rings. The first-order valence-corrected chi connectivity index (χ1v) is 8.23. The second-order valence-corrected chi connectivity index (χ2v) is 6.38. The number of aryl methyl sites for hydroxylation is 1. The van der Waals surface area contributed by atoms with Crippen LogP contribution in [0.1, 0.15) is 12.5 Å². The van der Waals surface area contributed by atoms with Crippen LogP contribution in [0.15, 0.2) is 58.7 Å². The van der Waals surface area contributed by atoms with Crippen LogP contribution in [-0.2, 0) is 13.5 Å². The van der Waals surface area contributed by atoms with Gasteiger partial charge in [-0.15, -0.1) is 5.10 Å². The van der Waals surface area contributed by atoms with Crippen molar-refractivity contribution in [3.05, 3.63) is 58.9 Å². The number of hydrogen-bond donors (Lipinski definition) is 0. The van der Waals surface area contributed by atoms with Crippen LogP contribution in [0.3, 0.4) is 0 Å². The SMILES string of the molecule is COc1ccc(CC(C)=NN=c2sc3ccccc3n2C)cc1. The van der Waals surface area contributed by atoms with Crippen molar-refractivity contribution in [2.45, 2.75) is 13.3 Å². The zero-order chi connectivity index (χ0) is 16.2. The maximum atomic E-state index is 5.17. The molecule has 23 heavy (non-hydrogen) atoms. The van der Waals surface area contributed by atoms with Gasteiger partial charge in [0, 0.05) is 19.2 Å². The van der Waals surface area contributed by atoms with Crippen LogP contribution in [0.4, 0.5) is 0 Å². The third kappa shape index (κ3) is 3.51. The zero-order valence-electron chi connectivity index (χ0n) is 13.5. The second kappa shape index (κ2) is 6.79. The van der Waals surface area contributed by atoms with Gasteiger partial charge in [0.05, 0.1) is 17.3 Å². The molecule has 0 saturated heterocycles. The Labute approximate surface area is 139 Å². The maximum Gasteiger partial charge on any atom is 0.211 e. The molecule has 5 heteroatoms. The lowest BCUT2D eigenvalue weighted by atomic mass is 10.1. The van der Waals surface area contributed by atoms with E-state index < -0.39 is 0 Å². The Balaban J connectivity index is 1.83. The van der Waals surface area contributed by atoms with E-state index in [1.807, 2.05) is 38.2 Å². The van der Waals surface area contributed by atoms with Crippen LogP contribution in [0.5, 0.6) is 5.75 Å². The molecule has 1 heterocycles. The first-order chi connectivity index (χ1) is 11.2. The van der Waals surface area contributed by atoms with Gasteiger partial charge in [-0.25, -0.2) is 0 Å². The molecule has 0 aliphatic rings. The van der Waals surface area contributed by atoms with Crippen LogP contribution < -0.4 is 9.54 Å². The molecule has 0 amide bonds. The number of benzene rings is 2. The number of methoxy groups -OCH3 is 1. The van der Waals surface area contributed by atoms with Gasteiger partial charge in [-0.2, -0.15) is 5.10 Å². The number of rotatable bonds is 4. The van der Waals surface area contributed by atoms with E-state index in [0.717, 1.165) is 22.7 Å². The number of ether oxygens (including phenoxy) is 1. The third-order valence-electron chi connectivity index (χ3n) is 3.64. The predicted molar refractivity (Wildman–Crippen MR) is 96.2 cm³/mol. The van der Waals surface area contributed by atoms with Gasteiger partial charge in [-0.1, -0.05) is 35.6 Å². The summed E-state index contributed by atoms with van der Waals surface area (Å²) in [6.07, 6.45) is 0.780. The van der Waals surface area contributed by atoms with E-state index >= 15 is 0 Å². The van der Waals surface area contributed by atoms with Crippen molar-refractivity contribution in [2.75, 3.05) is 7.11 Å². The van der Waals surface area contributed by atoms with Crippen molar-refractivity contribution in [1.82, 2.24) is 4.57 Å². The molecule has 4 nitrogen and oxygen atoms in total. The van der Waals surface area contributed by atoms with E-state index in [0.29, 0.717) is 0 Å². The highest BCUT2D eigenvalue weighted by molar-refractivity contribution is 7.16. The number of aromatic nitrogens is 1. The lowest BCUT2D eigenvalue weighted by Crippen LogP contribution is -2.09. The molecule has 0 N–H and O–H groups in total. The molecule has 0 bridgehead atoms. The van der Waals surface area contributed by atoms with E-state index in [4.69, 9.17) is 4.74 Å². The van der Waals surface area contributed by atoms with E-state index in [9.17, 15) is 0 Å². The molecule has 0 aliphatic heterocycles. The minimum absolute atomic E-state index is 0.780. The Morgan fingerprint density at radius 1 is 1.13 bits per heavy atom. The molecule has 0 atom stereocenters. The summed E-state index contributed by atoms with van der Waals surface area (Å²) in [5.41, 5.74) is 3.36. The van der Waals surface area contributed by atoms with Crippen molar-refractivity contribution in [1.29, 1.82) is 0 Å². The maximum absolute atomic E-state index is 5.17. The van der Waals surface area contributed by atoms with Crippen molar-refractivity contribution in [3.63, 3.8) is 0 Å². The number of para-hydroxylation sites is 1. The van der Waals surface area contributed by atoms with Crippen LogP contribution >= 0.6 is 11.3 Å². The van der Waals surface area contributed by atoms with Crippen molar-refractivity contribution >= 4 is 27.3 Å². The van der Waals surface area contributed by atoms with Crippen molar-refractivity contribution in [2.24, 2.45) is 17.3 Å².